The molecule has 0 aliphatic carbocycles. The Labute approximate surface area is 153 Å². The summed E-state index contributed by atoms with van der Waals surface area (Å²) in [5, 5.41) is 9.54. The number of carboxylic acids is 1. The van der Waals surface area contributed by atoms with E-state index in [9.17, 15) is 19.5 Å². The quantitative estimate of drug-likeness (QED) is 0.897. The molecule has 2 aliphatic rings. The van der Waals surface area contributed by atoms with Crippen molar-refractivity contribution in [2.75, 3.05) is 19.6 Å². The van der Waals surface area contributed by atoms with Crippen molar-refractivity contribution in [1.82, 2.24) is 9.80 Å². The molecule has 2 unspecified atom stereocenters. The topological polar surface area (TPSA) is 77.9 Å². The van der Waals surface area contributed by atoms with Crippen LogP contribution in [0.2, 0.25) is 0 Å². The molecule has 2 amide bonds. The summed E-state index contributed by atoms with van der Waals surface area (Å²) in [5.74, 6) is -1.05. The zero-order chi connectivity index (χ0) is 18.7. The highest BCUT2D eigenvalue weighted by Crippen LogP contribution is 2.33. The molecule has 2 fully saturated rings. The molecular weight excluding hydrogens is 332 g/mol. The standard InChI is InChI=1S/C20H26N2O4/c1-20(19(25)26)11-7-12-21(14-20)18(24)17(15-8-3-2-4-9-15)22-13-6-5-10-16(22)23/h2-4,8-9,17H,5-7,10-14H2,1H3,(H,25,26). The van der Waals surface area contributed by atoms with Gasteiger partial charge in [-0.3, -0.25) is 14.4 Å². The number of carboxylic acid groups (broad SMARTS) is 1. The minimum absolute atomic E-state index is 0.00328. The molecule has 2 saturated heterocycles. The van der Waals surface area contributed by atoms with Gasteiger partial charge in [-0.05, 0) is 38.2 Å². The first-order valence-corrected chi connectivity index (χ1v) is 9.29. The second kappa shape index (κ2) is 7.48. The maximum atomic E-state index is 13.4. The average Bonchev–Trinajstić information content (AvgIpc) is 2.64. The number of benzene rings is 1. The summed E-state index contributed by atoms with van der Waals surface area (Å²) in [7, 11) is 0. The van der Waals surface area contributed by atoms with Gasteiger partial charge in [-0.15, -0.1) is 0 Å². The fraction of sp³-hybridized carbons (Fsp3) is 0.550. The number of hydrogen-bond donors (Lipinski definition) is 1. The lowest BCUT2D eigenvalue weighted by molar-refractivity contribution is -0.157. The predicted molar refractivity (Wildman–Crippen MR) is 96.3 cm³/mol. The molecule has 2 aliphatic heterocycles. The largest absolute Gasteiger partial charge is 0.481 e. The van der Waals surface area contributed by atoms with Gasteiger partial charge in [0.2, 0.25) is 11.8 Å². The van der Waals surface area contributed by atoms with E-state index in [0.29, 0.717) is 32.4 Å². The minimum Gasteiger partial charge on any atom is -0.481 e. The number of carbonyl (C=O) groups is 3. The van der Waals surface area contributed by atoms with Gasteiger partial charge in [0.1, 0.15) is 6.04 Å². The van der Waals surface area contributed by atoms with Crippen molar-refractivity contribution in [1.29, 1.82) is 0 Å². The Morgan fingerprint density at radius 2 is 1.85 bits per heavy atom. The Morgan fingerprint density at radius 3 is 2.50 bits per heavy atom. The molecule has 2 atom stereocenters. The van der Waals surface area contributed by atoms with Gasteiger partial charge in [-0.25, -0.2) is 0 Å². The fourth-order valence-electron chi connectivity index (χ4n) is 3.97. The Kier molecular flexibility index (Phi) is 5.30. The molecule has 1 N–H and O–H groups in total. The maximum Gasteiger partial charge on any atom is 0.311 e. The smallest absolute Gasteiger partial charge is 0.311 e. The normalized spacial score (nSPS) is 25.0. The molecule has 1 aromatic carbocycles. The molecule has 0 aromatic heterocycles. The Balaban J connectivity index is 1.90. The van der Waals surface area contributed by atoms with Crippen LogP contribution in [0.15, 0.2) is 30.3 Å². The number of nitrogens with zero attached hydrogens (tertiary/aromatic N) is 2. The zero-order valence-electron chi connectivity index (χ0n) is 15.2. The van der Waals surface area contributed by atoms with Gasteiger partial charge in [0.15, 0.2) is 0 Å². The highest BCUT2D eigenvalue weighted by molar-refractivity contribution is 5.89. The van der Waals surface area contributed by atoms with E-state index in [-0.39, 0.29) is 18.4 Å². The summed E-state index contributed by atoms with van der Waals surface area (Å²) in [4.78, 5) is 40.8. The van der Waals surface area contributed by atoms with E-state index in [4.69, 9.17) is 0 Å². The summed E-state index contributed by atoms with van der Waals surface area (Å²) in [6.07, 6.45) is 3.42. The molecule has 0 bridgehead atoms. The van der Waals surface area contributed by atoms with Crippen molar-refractivity contribution < 1.29 is 19.5 Å². The minimum atomic E-state index is -0.930. The molecule has 0 radical (unpaired) electrons. The van der Waals surface area contributed by atoms with E-state index in [0.717, 1.165) is 18.4 Å². The van der Waals surface area contributed by atoms with Gasteiger partial charge in [0.05, 0.1) is 5.41 Å². The van der Waals surface area contributed by atoms with Crippen molar-refractivity contribution in [2.45, 2.75) is 45.1 Å². The summed E-state index contributed by atoms with van der Waals surface area (Å²) in [6.45, 7) is 2.98. The van der Waals surface area contributed by atoms with Gasteiger partial charge < -0.3 is 14.9 Å². The van der Waals surface area contributed by atoms with Crippen LogP contribution in [-0.2, 0) is 14.4 Å². The number of hydrogen-bond acceptors (Lipinski definition) is 3. The number of amides is 2. The SMILES string of the molecule is CC1(C(=O)O)CCCN(C(=O)C(c2ccccc2)N2CCCCC2=O)C1. The lowest BCUT2D eigenvalue weighted by atomic mass is 9.81. The van der Waals surface area contributed by atoms with E-state index in [1.165, 1.54) is 0 Å². The molecular formula is C20H26N2O4. The molecule has 6 nitrogen and oxygen atoms in total. The molecule has 0 saturated carbocycles. The zero-order valence-corrected chi connectivity index (χ0v) is 15.2. The summed E-state index contributed by atoms with van der Waals surface area (Å²) < 4.78 is 0. The van der Waals surface area contributed by atoms with Crippen molar-refractivity contribution in [2.24, 2.45) is 5.41 Å². The van der Waals surface area contributed by atoms with E-state index in [2.05, 4.69) is 0 Å². The van der Waals surface area contributed by atoms with Crippen molar-refractivity contribution in [3.05, 3.63) is 35.9 Å². The van der Waals surface area contributed by atoms with Crippen LogP contribution in [0.3, 0.4) is 0 Å². The van der Waals surface area contributed by atoms with E-state index >= 15 is 0 Å². The van der Waals surface area contributed by atoms with Gasteiger partial charge >= 0.3 is 5.97 Å². The van der Waals surface area contributed by atoms with E-state index in [1.54, 1.807) is 16.7 Å². The Morgan fingerprint density at radius 1 is 1.12 bits per heavy atom. The fourth-order valence-corrected chi connectivity index (χ4v) is 3.97. The van der Waals surface area contributed by atoms with Gasteiger partial charge in [0.25, 0.3) is 0 Å². The van der Waals surface area contributed by atoms with Crippen LogP contribution >= 0.6 is 0 Å². The predicted octanol–water partition coefficient (Wildman–Crippen LogP) is 2.45. The molecule has 26 heavy (non-hydrogen) atoms. The van der Waals surface area contributed by atoms with Gasteiger partial charge in [-0.2, -0.15) is 0 Å². The Hall–Kier alpha value is -2.37. The third-order valence-corrected chi connectivity index (χ3v) is 5.55. The van der Waals surface area contributed by atoms with Crippen molar-refractivity contribution in [3.63, 3.8) is 0 Å². The number of aliphatic carboxylic acids is 1. The van der Waals surface area contributed by atoms with Crippen LogP contribution < -0.4 is 0 Å². The lowest BCUT2D eigenvalue weighted by Gasteiger charge is -2.42. The third kappa shape index (κ3) is 3.59. The molecule has 3 rings (SSSR count). The summed E-state index contributed by atoms with van der Waals surface area (Å²) in [5.41, 5.74) is -0.142. The lowest BCUT2D eigenvalue weighted by Crippen LogP contribution is -2.53. The van der Waals surface area contributed by atoms with E-state index in [1.807, 2.05) is 30.3 Å². The van der Waals surface area contributed by atoms with Gasteiger partial charge in [0, 0.05) is 26.1 Å². The number of rotatable bonds is 4. The van der Waals surface area contributed by atoms with Crippen molar-refractivity contribution >= 4 is 17.8 Å². The van der Waals surface area contributed by atoms with Crippen LogP contribution in [-0.4, -0.2) is 52.3 Å². The van der Waals surface area contributed by atoms with Gasteiger partial charge in [-0.1, -0.05) is 30.3 Å². The second-order valence-corrected chi connectivity index (χ2v) is 7.59. The van der Waals surface area contributed by atoms with Crippen LogP contribution in [0.25, 0.3) is 0 Å². The number of piperidine rings is 2. The second-order valence-electron chi connectivity index (χ2n) is 7.59. The third-order valence-electron chi connectivity index (χ3n) is 5.55. The van der Waals surface area contributed by atoms with Crippen LogP contribution in [0.1, 0.15) is 50.6 Å². The first-order chi connectivity index (χ1) is 12.4. The number of likely N-dealkylation sites (tertiary alicyclic amines) is 2. The monoisotopic (exact) mass is 358 g/mol. The summed E-state index contributed by atoms with van der Waals surface area (Å²) >= 11 is 0. The molecule has 1 aromatic rings. The molecule has 0 spiro atoms. The first kappa shape index (κ1) is 18.4. The van der Waals surface area contributed by atoms with Crippen LogP contribution in [0.4, 0.5) is 0 Å². The Bertz CT molecular complexity index is 690. The number of carbonyl (C=O) groups excluding carboxylic acids is 2. The molecule has 140 valence electrons. The maximum absolute atomic E-state index is 13.4. The summed E-state index contributed by atoms with van der Waals surface area (Å²) in [6, 6.07) is 8.67. The highest BCUT2D eigenvalue weighted by Gasteiger charge is 2.42. The highest BCUT2D eigenvalue weighted by atomic mass is 16.4. The first-order valence-electron chi connectivity index (χ1n) is 9.29. The molecule has 6 heteroatoms. The van der Waals surface area contributed by atoms with Crippen LogP contribution in [0.5, 0.6) is 0 Å². The average molecular weight is 358 g/mol. The van der Waals surface area contributed by atoms with E-state index < -0.39 is 17.4 Å². The van der Waals surface area contributed by atoms with Crippen LogP contribution in [0, 0.1) is 5.41 Å². The van der Waals surface area contributed by atoms with Crippen molar-refractivity contribution in [3.8, 4) is 0 Å². The molecule has 2 heterocycles.